The van der Waals surface area contributed by atoms with Crippen LogP contribution in [-0.4, -0.2) is 14.1 Å². The Morgan fingerprint density at radius 2 is 1.17 bits per heavy atom. The Hall–Kier alpha value is -1.96. The quantitative estimate of drug-likeness (QED) is 0.361. The van der Waals surface area contributed by atoms with E-state index in [1.54, 1.807) is 31.1 Å². The zero-order valence-corrected chi connectivity index (χ0v) is 13.6. The van der Waals surface area contributed by atoms with Gasteiger partial charge in [-0.05, 0) is 24.3 Å². The molecule has 0 atom stereocenters. The van der Waals surface area contributed by atoms with Crippen molar-refractivity contribution in [3.63, 3.8) is 0 Å². The number of rotatable bonds is 4. The van der Waals surface area contributed by atoms with Crippen molar-refractivity contribution in [3.05, 3.63) is 77.4 Å². The normalized spacial score (nSPS) is 12.8. The zero-order valence-electron chi connectivity index (χ0n) is 13.6. The van der Waals surface area contributed by atoms with Crippen LogP contribution < -0.4 is 23.8 Å². The number of benzene rings is 2. The predicted octanol–water partition coefficient (Wildman–Crippen LogP) is 2.47. The molecule has 0 saturated heterocycles. The van der Waals surface area contributed by atoms with Crippen LogP contribution in [-0.2, 0) is 0 Å². The smallest absolute Gasteiger partial charge is 0.378 e. The first-order valence-corrected chi connectivity index (χ1v) is 6.77. The Bertz CT molecular complexity index is 737. The van der Waals surface area contributed by atoms with Crippen molar-refractivity contribution in [3.8, 4) is 0 Å². The van der Waals surface area contributed by atoms with E-state index < -0.39 is 23.3 Å². The summed E-state index contributed by atoms with van der Waals surface area (Å²) in [6, 6.07) is 13.4. The van der Waals surface area contributed by atoms with Crippen LogP contribution in [0.5, 0.6) is 0 Å². The molecule has 0 aliphatic carbocycles. The number of anilines is 1. The number of halogens is 4. The van der Waals surface area contributed by atoms with Crippen LogP contribution in [0.15, 0.2) is 60.2 Å². The van der Waals surface area contributed by atoms with Gasteiger partial charge < -0.3 is 4.90 Å². The molecule has 120 valence electrons. The van der Waals surface area contributed by atoms with E-state index in [4.69, 9.17) is 0 Å². The molecule has 0 spiro atoms. The summed E-state index contributed by atoms with van der Waals surface area (Å²) < 4.78 is 55.6. The van der Waals surface area contributed by atoms with E-state index in [0.29, 0.717) is 0 Å². The van der Waals surface area contributed by atoms with Gasteiger partial charge in [-0.3, -0.25) is 0 Å². The third-order valence-electron chi connectivity index (χ3n) is 3.19. The first-order chi connectivity index (χ1) is 10.9. The fraction of sp³-hybridized carbons (Fsp3) is 0.111. The third kappa shape index (κ3) is 4.53. The summed E-state index contributed by atoms with van der Waals surface area (Å²) in [6.45, 7) is 0. The van der Waals surface area contributed by atoms with Gasteiger partial charge in [0.15, 0.2) is 17.5 Å². The predicted molar refractivity (Wildman–Crippen MR) is 84.3 cm³/mol. The monoisotopic (exact) mass is 327 g/mol. The summed E-state index contributed by atoms with van der Waals surface area (Å²) in [7, 11) is 3.58. The van der Waals surface area contributed by atoms with Crippen molar-refractivity contribution in [1.29, 1.82) is 0 Å². The van der Waals surface area contributed by atoms with E-state index >= 15 is 0 Å². The zero-order chi connectivity index (χ0) is 17.0. The van der Waals surface area contributed by atoms with Crippen molar-refractivity contribution >= 4 is 17.3 Å². The van der Waals surface area contributed by atoms with E-state index in [9.17, 15) is 17.6 Å². The summed E-state index contributed by atoms with van der Waals surface area (Å²) in [5.74, 6) is -6.65. The van der Waals surface area contributed by atoms with Gasteiger partial charge in [0.05, 0.1) is 0 Å². The molecular weight excluding hydrogens is 313 g/mol. The molecule has 0 radical (unpaired) electrons. The topological polar surface area (TPSA) is 3.24 Å². The average molecular weight is 327 g/mol. The molecular formula is C18H14F4LiN. The molecule has 2 rings (SSSR count). The molecule has 0 fully saturated rings. The summed E-state index contributed by atoms with van der Waals surface area (Å²) >= 11 is 0. The van der Waals surface area contributed by atoms with Gasteiger partial charge in [0.2, 0.25) is 0 Å². The minimum absolute atomic E-state index is 0. The van der Waals surface area contributed by atoms with Gasteiger partial charge in [-0.1, -0.05) is 5.56 Å². The number of allylic oxidation sites excluding steroid dienone is 2. The maximum atomic E-state index is 14.0. The van der Waals surface area contributed by atoms with Gasteiger partial charge in [-0.2, -0.15) is 30.3 Å². The minimum Gasteiger partial charge on any atom is -0.378 e. The molecule has 2 aromatic rings. The van der Waals surface area contributed by atoms with E-state index in [-0.39, 0.29) is 30.0 Å². The van der Waals surface area contributed by atoms with Gasteiger partial charge in [0.1, 0.15) is 5.83 Å². The molecule has 24 heavy (non-hydrogen) atoms. The molecule has 0 unspecified atom stereocenters. The Balaban J connectivity index is 0.00000288. The fourth-order valence-corrected chi connectivity index (χ4v) is 1.89. The second-order valence-corrected chi connectivity index (χ2v) is 4.99. The molecule has 0 aliphatic heterocycles. The first-order valence-electron chi connectivity index (χ1n) is 6.77. The Kier molecular flexibility index (Phi) is 7.34. The summed E-state index contributed by atoms with van der Waals surface area (Å²) in [5, 5.41) is 0. The van der Waals surface area contributed by atoms with Gasteiger partial charge in [-0.25, -0.2) is 17.6 Å². The maximum absolute atomic E-state index is 14.0. The Morgan fingerprint density at radius 3 is 1.58 bits per heavy atom. The molecule has 0 saturated carbocycles. The van der Waals surface area contributed by atoms with Crippen molar-refractivity contribution in [1.82, 2.24) is 0 Å². The van der Waals surface area contributed by atoms with Gasteiger partial charge in [0.25, 0.3) is 0 Å². The molecule has 0 heterocycles. The standard InChI is InChI=1S/C18H14F4N.Li/c1-23(2)14-10-8-13(9-11-14)16(20)18(22)17(21)15(19)12-6-4-3-5-7-12;/h4-11H,1-2H3;/q-1;+1/b17-15+,18-16+;. The third-order valence-corrected chi connectivity index (χ3v) is 3.19. The van der Waals surface area contributed by atoms with Crippen molar-refractivity contribution in [2.45, 2.75) is 0 Å². The molecule has 0 aromatic heterocycles. The molecule has 2 aromatic carbocycles. The Morgan fingerprint density at radius 1 is 0.750 bits per heavy atom. The first kappa shape index (κ1) is 20.1. The Labute approximate surface area is 150 Å². The molecule has 0 bridgehead atoms. The number of hydrogen-bond donors (Lipinski definition) is 0. The fourth-order valence-electron chi connectivity index (χ4n) is 1.89. The van der Waals surface area contributed by atoms with Crippen LogP contribution in [0.25, 0.3) is 11.7 Å². The number of hydrogen-bond acceptors (Lipinski definition) is 1. The second-order valence-electron chi connectivity index (χ2n) is 4.99. The summed E-state index contributed by atoms with van der Waals surface area (Å²) in [4.78, 5) is 1.77. The molecule has 1 nitrogen and oxygen atoms in total. The second kappa shape index (κ2) is 8.77. The van der Waals surface area contributed by atoms with E-state index in [1.165, 1.54) is 36.4 Å². The average Bonchev–Trinajstić information content (AvgIpc) is 2.60. The summed E-state index contributed by atoms with van der Waals surface area (Å²) in [6.07, 6.45) is 0. The largest absolute Gasteiger partial charge is 1.00 e. The van der Waals surface area contributed by atoms with E-state index in [2.05, 4.69) is 6.07 Å². The van der Waals surface area contributed by atoms with Gasteiger partial charge in [0, 0.05) is 25.3 Å². The molecule has 0 N–H and O–H groups in total. The molecule has 0 aliphatic rings. The van der Waals surface area contributed by atoms with Crippen LogP contribution in [0.3, 0.4) is 0 Å². The van der Waals surface area contributed by atoms with Gasteiger partial charge >= 0.3 is 18.9 Å². The van der Waals surface area contributed by atoms with Crippen molar-refractivity contribution in [2.75, 3.05) is 19.0 Å². The van der Waals surface area contributed by atoms with E-state index in [1.807, 2.05) is 0 Å². The van der Waals surface area contributed by atoms with Crippen molar-refractivity contribution < 1.29 is 36.4 Å². The minimum atomic E-state index is -1.87. The SMILES string of the molecule is CN(C)c1ccc(/C(F)=C(F)/C(F)=C(\F)c2cc[c-]cc2)cc1.[Li+]. The van der Waals surface area contributed by atoms with Crippen molar-refractivity contribution in [2.24, 2.45) is 0 Å². The molecule has 0 amide bonds. The van der Waals surface area contributed by atoms with Crippen LogP contribution >= 0.6 is 0 Å². The van der Waals surface area contributed by atoms with E-state index in [0.717, 1.165) is 5.69 Å². The van der Waals surface area contributed by atoms with Crippen LogP contribution in [0, 0.1) is 6.07 Å². The van der Waals surface area contributed by atoms with Gasteiger partial charge in [-0.15, -0.1) is 0 Å². The van der Waals surface area contributed by atoms with Crippen LogP contribution in [0.1, 0.15) is 11.1 Å². The van der Waals surface area contributed by atoms with Crippen LogP contribution in [0.4, 0.5) is 23.2 Å². The maximum Gasteiger partial charge on any atom is 1.00 e. The number of nitrogens with zero attached hydrogens (tertiary/aromatic N) is 1. The summed E-state index contributed by atoms with van der Waals surface area (Å²) in [5.41, 5.74) is 0.411. The van der Waals surface area contributed by atoms with Crippen LogP contribution in [0.2, 0.25) is 0 Å². The molecule has 6 heteroatoms.